The fourth-order valence-electron chi connectivity index (χ4n) is 1.40. The number of thiophene rings is 1. The van der Waals surface area contributed by atoms with Crippen molar-refractivity contribution >= 4 is 22.9 Å². The normalized spacial score (nSPS) is 10.4. The number of carbonyl (C=O) groups excluding carboxylic acids is 1. The first-order chi connectivity index (χ1) is 8.58. The number of anilines is 1. The van der Waals surface area contributed by atoms with E-state index in [0.29, 0.717) is 0 Å². The molecule has 2 nitrogen and oxygen atoms in total. The van der Waals surface area contributed by atoms with Crippen LogP contribution in [0.15, 0.2) is 29.0 Å². The summed E-state index contributed by atoms with van der Waals surface area (Å²) in [6.45, 7) is 0. The Morgan fingerprint density at radius 1 is 1.17 bits per heavy atom. The van der Waals surface area contributed by atoms with Crippen molar-refractivity contribution in [2.75, 3.05) is 5.32 Å². The van der Waals surface area contributed by atoms with E-state index in [2.05, 4.69) is 5.32 Å². The van der Waals surface area contributed by atoms with E-state index in [0.717, 1.165) is 17.7 Å². The zero-order chi connectivity index (χ0) is 13.1. The summed E-state index contributed by atoms with van der Waals surface area (Å²) in [4.78, 5) is 11.5. The van der Waals surface area contributed by atoms with Crippen LogP contribution in [0.2, 0.25) is 0 Å². The average molecular weight is 271 g/mol. The second-order valence-electron chi connectivity index (χ2n) is 3.58. The van der Waals surface area contributed by atoms with E-state index in [4.69, 9.17) is 0 Å². The van der Waals surface area contributed by atoms with Crippen LogP contribution in [0.3, 0.4) is 0 Å². The Kier molecular flexibility index (Phi) is 3.66. The third kappa shape index (κ3) is 2.70. The molecule has 1 heterocycles. The molecule has 0 unspecified atom stereocenters. The van der Waals surface area contributed by atoms with E-state index < -0.39 is 23.4 Å². The van der Waals surface area contributed by atoms with Crippen molar-refractivity contribution < 1.29 is 18.0 Å². The highest BCUT2D eigenvalue weighted by Gasteiger charge is 2.15. The number of rotatable bonds is 3. The molecule has 0 spiro atoms. The number of benzene rings is 1. The Balaban J connectivity index is 2.10. The summed E-state index contributed by atoms with van der Waals surface area (Å²) in [6, 6.07) is 3.50. The van der Waals surface area contributed by atoms with Gasteiger partial charge in [-0.1, -0.05) is 0 Å². The molecule has 18 heavy (non-hydrogen) atoms. The lowest BCUT2D eigenvalue weighted by Gasteiger charge is -2.06. The second kappa shape index (κ2) is 5.22. The van der Waals surface area contributed by atoms with Crippen molar-refractivity contribution in [3.63, 3.8) is 0 Å². The highest BCUT2D eigenvalue weighted by molar-refractivity contribution is 7.08. The van der Waals surface area contributed by atoms with E-state index >= 15 is 0 Å². The average Bonchev–Trinajstić information content (AvgIpc) is 2.83. The van der Waals surface area contributed by atoms with Crippen molar-refractivity contribution in [3.05, 3.63) is 52.0 Å². The quantitative estimate of drug-likeness (QED) is 0.852. The molecule has 94 valence electrons. The van der Waals surface area contributed by atoms with Gasteiger partial charge in [0.05, 0.1) is 12.1 Å². The molecule has 1 aromatic heterocycles. The van der Waals surface area contributed by atoms with Crippen LogP contribution < -0.4 is 5.32 Å². The van der Waals surface area contributed by atoms with Gasteiger partial charge >= 0.3 is 0 Å². The van der Waals surface area contributed by atoms with Gasteiger partial charge in [0, 0.05) is 0 Å². The summed E-state index contributed by atoms with van der Waals surface area (Å²) < 4.78 is 38.9. The first kappa shape index (κ1) is 12.6. The van der Waals surface area contributed by atoms with Crippen LogP contribution in [0.4, 0.5) is 18.9 Å². The lowest BCUT2D eigenvalue weighted by atomic mass is 10.2. The molecule has 1 amide bonds. The van der Waals surface area contributed by atoms with Crippen LogP contribution in [-0.4, -0.2) is 5.91 Å². The number of hydrogen-bond acceptors (Lipinski definition) is 2. The van der Waals surface area contributed by atoms with Gasteiger partial charge in [-0.15, -0.1) is 0 Å². The van der Waals surface area contributed by atoms with E-state index in [-0.39, 0.29) is 12.1 Å². The van der Waals surface area contributed by atoms with Crippen LogP contribution in [0.5, 0.6) is 0 Å². The summed E-state index contributed by atoms with van der Waals surface area (Å²) in [5.41, 5.74) is 0.412. The molecule has 0 saturated carbocycles. The molecule has 0 bridgehead atoms. The second-order valence-corrected chi connectivity index (χ2v) is 4.36. The number of carbonyl (C=O) groups is 1. The Bertz CT molecular complexity index is 569. The molecule has 0 aliphatic rings. The van der Waals surface area contributed by atoms with Crippen LogP contribution >= 0.6 is 11.3 Å². The molecule has 6 heteroatoms. The third-order valence-electron chi connectivity index (χ3n) is 2.25. The molecule has 0 aliphatic carbocycles. The van der Waals surface area contributed by atoms with Gasteiger partial charge in [-0.25, -0.2) is 13.2 Å². The maximum atomic E-state index is 13.3. The molecule has 0 radical (unpaired) electrons. The predicted molar refractivity (Wildman–Crippen MR) is 63.0 cm³/mol. The lowest BCUT2D eigenvalue weighted by Crippen LogP contribution is -2.15. The fraction of sp³-hybridized carbons (Fsp3) is 0.0833. The number of hydrogen-bond donors (Lipinski definition) is 1. The molecule has 1 aromatic carbocycles. The van der Waals surface area contributed by atoms with Gasteiger partial charge < -0.3 is 5.32 Å². The standard InChI is InChI=1S/C12H8F3NOS/c13-8-1-2-9(12(15)11(8)14)16-10(17)5-7-3-4-18-6-7/h1-4,6H,5H2,(H,16,17). The van der Waals surface area contributed by atoms with Crippen molar-refractivity contribution in [2.45, 2.75) is 6.42 Å². The molecule has 0 fully saturated rings. The van der Waals surface area contributed by atoms with E-state index in [1.54, 1.807) is 16.8 Å². The number of amides is 1. The topological polar surface area (TPSA) is 29.1 Å². The summed E-state index contributed by atoms with van der Waals surface area (Å²) in [5.74, 6) is -4.77. The lowest BCUT2D eigenvalue weighted by molar-refractivity contribution is -0.115. The molecular formula is C12H8F3NOS. The highest BCUT2D eigenvalue weighted by atomic mass is 32.1. The predicted octanol–water partition coefficient (Wildman–Crippen LogP) is 3.35. The van der Waals surface area contributed by atoms with Gasteiger partial charge in [0.25, 0.3) is 0 Å². The Morgan fingerprint density at radius 2 is 1.94 bits per heavy atom. The van der Waals surface area contributed by atoms with Crippen molar-refractivity contribution in [1.82, 2.24) is 0 Å². The minimum absolute atomic E-state index is 0.0575. The molecule has 1 N–H and O–H groups in total. The zero-order valence-electron chi connectivity index (χ0n) is 9.04. The van der Waals surface area contributed by atoms with E-state index in [1.165, 1.54) is 11.3 Å². The molecule has 0 atom stereocenters. The monoisotopic (exact) mass is 271 g/mol. The maximum Gasteiger partial charge on any atom is 0.228 e. The van der Waals surface area contributed by atoms with Crippen LogP contribution in [0.1, 0.15) is 5.56 Å². The molecule has 0 saturated heterocycles. The first-order valence-electron chi connectivity index (χ1n) is 5.02. The minimum atomic E-state index is -1.59. The van der Waals surface area contributed by atoms with Gasteiger partial charge in [-0.3, -0.25) is 4.79 Å². The van der Waals surface area contributed by atoms with Crippen LogP contribution in [0.25, 0.3) is 0 Å². The van der Waals surface area contributed by atoms with Crippen molar-refractivity contribution in [2.24, 2.45) is 0 Å². The molecular weight excluding hydrogens is 263 g/mol. The minimum Gasteiger partial charge on any atom is -0.323 e. The molecule has 2 aromatic rings. The Morgan fingerprint density at radius 3 is 2.61 bits per heavy atom. The van der Waals surface area contributed by atoms with Crippen molar-refractivity contribution in [3.8, 4) is 0 Å². The van der Waals surface area contributed by atoms with Gasteiger partial charge in [-0.05, 0) is 34.5 Å². The van der Waals surface area contributed by atoms with Crippen LogP contribution in [-0.2, 0) is 11.2 Å². The molecule has 0 aliphatic heterocycles. The maximum absolute atomic E-state index is 13.3. The summed E-state index contributed by atoms with van der Waals surface area (Å²) in [7, 11) is 0. The highest BCUT2D eigenvalue weighted by Crippen LogP contribution is 2.20. The molecule has 2 rings (SSSR count). The van der Waals surface area contributed by atoms with E-state index in [9.17, 15) is 18.0 Å². The first-order valence-corrected chi connectivity index (χ1v) is 5.96. The van der Waals surface area contributed by atoms with Gasteiger partial charge in [0.2, 0.25) is 5.91 Å². The Hall–Kier alpha value is -1.82. The number of nitrogens with one attached hydrogen (secondary N) is 1. The third-order valence-corrected chi connectivity index (χ3v) is 2.99. The smallest absolute Gasteiger partial charge is 0.228 e. The summed E-state index contributed by atoms with van der Waals surface area (Å²) in [5, 5.41) is 5.79. The van der Waals surface area contributed by atoms with Gasteiger partial charge in [-0.2, -0.15) is 11.3 Å². The SMILES string of the molecule is O=C(Cc1ccsc1)Nc1ccc(F)c(F)c1F. The zero-order valence-corrected chi connectivity index (χ0v) is 9.86. The fourth-order valence-corrected chi connectivity index (χ4v) is 2.06. The largest absolute Gasteiger partial charge is 0.323 e. The Labute approximate surface area is 105 Å². The van der Waals surface area contributed by atoms with Gasteiger partial charge in [0.1, 0.15) is 0 Å². The summed E-state index contributed by atoms with van der Waals surface area (Å²) >= 11 is 1.43. The van der Waals surface area contributed by atoms with Crippen LogP contribution in [0, 0.1) is 17.5 Å². The number of halogens is 3. The summed E-state index contributed by atoms with van der Waals surface area (Å²) in [6.07, 6.45) is 0.0575. The van der Waals surface area contributed by atoms with Gasteiger partial charge in [0.15, 0.2) is 17.5 Å². The van der Waals surface area contributed by atoms with E-state index in [1.807, 2.05) is 0 Å². The van der Waals surface area contributed by atoms with Crippen molar-refractivity contribution in [1.29, 1.82) is 0 Å².